The van der Waals surface area contributed by atoms with E-state index in [4.69, 9.17) is 32.7 Å². The molecule has 1 N–H and O–H groups in total. The van der Waals surface area contributed by atoms with Crippen LogP contribution in [0.4, 0.5) is 11.4 Å². The predicted molar refractivity (Wildman–Crippen MR) is 146 cm³/mol. The van der Waals surface area contributed by atoms with Crippen LogP contribution in [0.25, 0.3) is 0 Å². The van der Waals surface area contributed by atoms with Gasteiger partial charge in [0.25, 0.3) is 10.0 Å². The van der Waals surface area contributed by atoms with E-state index < -0.39 is 22.5 Å². The van der Waals surface area contributed by atoms with Gasteiger partial charge in [-0.15, -0.1) is 0 Å². The van der Waals surface area contributed by atoms with Gasteiger partial charge in [-0.3, -0.25) is 9.10 Å². The van der Waals surface area contributed by atoms with Gasteiger partial charge in [0, 0.05) is 5.02 Å². The number of carbonyl (C=O) groups excluding carboxylic acids is 1. The molecule has 0 heterocycles. The van der Waals surface area contributed by atoms with Gasteiger partial charge in [0.05, 0.1) is 28.4 Å². The maximum absolute atomic E-state index is 13.5. The van der Waals surface area contributed by atoms with Crippen LogP contribution in [0.5, 0.6) is 17.2 Å². The van der Waals surface area contributed by atoms with E-state index in [0.717, 1.165) is 4.31 Å². The van der Waals surface area contributed by atoms with Crippen molar-refractivity contribution in [2.24, 2.45) is 0 Å². The Kier molecular flexibility index (Phi) is 8.23. The van der Waals surface area contributed by atoms with Crippen LogP contribution in [0.2, 0.25) is 10.0 Å². The molecule has 0 aromatic heterocycles. The molecule has 0 saturated carbocycles. The zero-order valence-corrected chi connectivity index (χ0v) is 21.9. The number of rotatable bonds is 9. The van der Waals surface area contributed by atoms with E-state index in [9.17, 15) is 13.2 Å². The maximum Gasteiger partial charge on any atom is 0.264 e. The van der Waals surface area contributed by atoms with E-state index in [2.05, 4.69) is 5.32 Å². The summed E-state index contributed by atoms with van der Waals surface area (Å²) in [6, 6.07) is 26.0. The molecule has 7 nitrogen and oxygen atoms in total. The molecule has 0 radical (unpaired) electrons. The molecular weight excluding hydrogens is 535 g/mol. The zero-order chi connectivity index (χ0) is 26.4. The van der Waals surface area contributed by atoms with Gasteiger partial charge in [0.1, 0.15) is 6.54 Å². The Hall–Kier alpha value is -3.72. The quantitative estimate of drug-likeness (QED) is 0.250. The van der Waals surface area contributed by atoms with Crippen molar-refractivity contribution in [2.75, 3.05) is 23.3 Å². The monoisotopic (exact) mass is 556 g/mol. The average molecular weight is 557 g/mol. The molecule has 0 aliphatic carbocycles. The lowest BCUT2D eigenvalue weighted by molar-refractivity contribution is -0.114. The Morgan fingerprint density at radius 3 is 2.19 bits per heavy atom. The number of ether oxygens (including phenoxy) is 2. The molecule has 0 unspecified atom stereocenters. The molecule has 0 spiro atoms. The van der Waals surface area contributed by atoms with Gasteiger partial charge in [0.2, 0.25) is 5.91 Å². The van der Waals surface area contributed by atoms with E-state index in [0.29, 0.717) is 16.5 Å². The molecule has 4 aromatic rings. The van der Waals surface area contributed by atoms with Crippen LogP contribution in [0, 0.1) is 0 Å². The highest BCUT2D eigenvalue weighted by atomic mass is 35.5. The van der Waals surface area contributed by atoms with Gasteiger partial charge in [-0.1, -0.05) is 65.7 Å². The van der Waals surface area contributed by atoms with E-state index in [1.807, 2.05) is 0 Å². The third-order valence-corrected chi connectivity index (χ3v) is 7.57. The summed E-state index contributed by atoms with van der Waals surface area (Å²) in [6.45, 7) is -0.554. The Morgan fingerprint density at radius 2 is 1.49 bits per heavy atom. The number of sulfonamides is 1. The molecule has 0 fully saturated rings. The lowest BCUT2D eigenvalue weighted by Crippen LogP contribution is -2.38. The number of amides is 1. The van der Waals surface area contributed by atoms with Gasteiger partial charge in [-0.05, 0) is 54.6 Å². The Balaban J connectivity index is 1.65. The van der Waals surface area contributed by atoms with Crippen molar-refractivity contribution in [1.29, 1.82) is 0 Å². The van der Waals surface area contributed by atoms with Crippen molar-refractivity contribution < 1.29 is 22.7 Å². The van der Waals surface area contributed by atoms with Crippen LogP contribution in [-0.4, -0.2) is 28.0 Å². The fourth-order valence-electron chi connectivity index (χ4n) is 3.50. The Morgan fingerprint density at radius 1 is 0.838 bits per heavy atom. The van der Waals surface area contributed by atoms with Crippen molar-refractivity contribution in [3.63, 3.8) is 0 Å². The summed E-state index contributed by atoms with van der Waals surface area (Å²) in [5.41, 5.74) is 0.416. The van der Waals surface area contributed by atoms with Crippen LogP contribution in [0.3, 0.4) is 0 Å². The smallest absolute Gasteiger partial charge is 0.264 e. The number of para-hydroxylation sites is 3. The number of anilines is 2. The highest BCUT2D eigenvalue weighted by Gasteiger charge is 2.29. The van der Waals surface area contributed by atoms with E-state index in [1.165, 1.54) is 31.4 Å². The van der Waals surface area contributed by atoms with Crippen LogP contribution < -0.4 is 19.1 Å². The molecule has 0 aliphatic heterocycles. The minimum atomic E-state index is -4.13. The van der Waals surface area contributed by atoms with Crippen LogP contribution in [0.15, 0.2) is 102 Å². The fraction of sp³-hybridized carbons (Fsp3) is 0.0741. The highest BCUT2D eigenvalue weighted by molar-refractivity contribution is 7.92. The molecule has 4 rings (SSSR count). The van der Waals surface area contributed by atoms with Gasteiger partial charge in [0.15, 0.2) is 17.2 Å². The highest BCUT2D eigenvalue weighted by Crippen LogP contribution is 2.37. The number of halogens is 2. The summed E-state index contributed by atoms with van der Waals surface area (Å²) in [5, 5.41) is 3.24. The molecule has 0 aliphatic rings. The molecule has 10 heteroatoms. The van der Waals surface area contributed by atoms with Crippen molar-refractivity contribution in [1.82, 2.24) is 0 Å². The van der Waals surface area contributed by atoms with Gasteiger partial charge in [-0.25, -0.2) is 8.42 Å². The van der Waals surface area contributed by atoms with Crippen molar-refractivity contribution >= 4 is 50.5 Å². The van der Waals surface area contributed by atoms with E-state index >= 15 is 0 Å². The largest absolute Gasteiger partial charge is 0.493 e. The number of nitrogens with zero attached hydrogens (tertiary/aromatic N) is 1. The SMILES string of the molecule is COc1ccccc1Oc1ccc(Cl)cc1NC(=O)CN(c1ccccc1Cl)S(=O)(=O)c1ccccc1. The van der Waals surface area contributed by atoms with Crippen LogP contribution in [-0.2, 0) is 14.8 Å². The average Bonchev–Trinajstić information content (AvgIpc) is 2.90. The fourth-order valence-corrected chi connectivity index (χ4v) is 5.42. The first-order chi connectivity index (χ1) is 17.8. The molecule has 0 bridgehead atoms. The first-order valence-electron chi connectivity index (χ1n) is 11.0. The first-order valence-corrected chi connectivity index (χ1v) is 13.2. The van der Waals surface area contributed by atoms with E-state index in [-0.39, 0.29) is 27.0 Å². The van der Waals surface area contributed by atoms with Crippen LogP contribution in [0.1, 0.15) is 0 Å². The second-order valence-electron chi connectivity index (χ2n) is 7.72. The number of carbonyl (C=O) groups is 1. The first kappa shape index (κ1) is 26.3. The number of hydrogen-bond donors (Lipinski definition) is 1. The summed E-state index contributed by atoms with van der Waals surface area (Å²) in [7, 11) is -2.61. The lowest BCUT2D eigenvalue weighted by Gasteiger charge is -2.25. The minimum Gasteiger partial charge on any atom is -0.493 e. The molecule has 4 aromatic carbocycles. The summed E-state index contributed by atoms with van der Waals surface area (Å²) in [5.74, 6) is 0.574. The number of benzene rings is 4. The van der Waals surface area contributed by atoms with Crippen molar-refractivity contribution in [3.05, 3.63) is 107 Å². The second-order valence-corrected chi connectivity index (χ2v) is 10.4. The summed E-state index contributed by atoms with van der Waals surface area (Å²) < 4.78 is 39.3. The van der Waals surface area contributed by atoms with Crippen LogP contribution >= 0.6 is 23.2 Å². The summed E-state index contributed by atoms with van der Waals surface area (Å²) in [4.78, 5) is 13.3. The predicted octanol–water partition coefficient (Wildman–Crippen LogP) is 6.63. The third-order valence-electron chi connectivity index (χ3n) is 5.24. The number of hydrogen-bond acceptors (Lipinski definition) is 5. The second kappa shape index (κ2) is 11.6. The van der Waals surface area contributed by atoms with Crippen molar-refractivity contribution in [2.45, 2.75) is 4.90 Å². The third kappa shape index (κ3) is 6.17. The molecule has 37 heavy (non-hydrogen) atoms. The summed E-state index contributed by atoms with van der Waals surface area (Å²) >= 11 is 12.5. The van der Waals surface area contributed by atoms with Gasteiger partial charge < -0.3 is 14.8 Å². The summed E-state index contributed by atoms with van der Waals surface area (Å²) in [6.07, 6.45) is 0. The normalized spacial score (nSPS) is 11.0. The molecule has 1 amide bonds. The number of methoxy groups -OCH3 is 1. The molecule has 0 saturated heterocycles. The molecule has 0 atom stereocenters. The standard InChI is InChI=1S/C27H22Cl2N2O5S/c1-35-25-13-7-8-14-26(25)36-24-16-15-19(28)17-22(24)30-27(32)18-31(23-12-6-5-11-21(23)29)37(33,34)20-9-3-2-4-10-20/h2-17H,18H2,1H3,(H,30,32). The van der Waals surface area contributed by atoms with E-state index in [1.54, 1.807) is 72.8 Å². The maximum atomic E-state index is 13.5. The minimum absolute atomic E-state index is 0.0191. The Bertz CT molecular complexity index is 1510. The molecule has 190 valence electrons. The lowest BCUT2D eigenvalue weighted by atomic mass is 10.2. The number of nitrogens with one attached hydrogen (secondary N) is 1. The van der Waals surface area contributed by atoms with Gasteiger partial charge >= 0.3 is 0 Å². The molecular formula is C27H22Cl2N2O5S. The zero-order valence-electron chi connectivity index (χ0n) is 19.6. The Labute approximate surface area is 225 Å². The van der Waals surface area contributed by atoms with Gasteiger partial charge in [-0.2, -0.15) is 0 Å². The topological polar surface area (TPSA) is 84.9 Å². The van der Waals surface area contributed by atoms with Crippen molar-refractivity contribution in [3.8, 4) is 17.2 Å².